The first kappa shape index (κ1) is 10.9. The van der Waals surface area contributed by atoms with Crippen LogP contribution in [0.4, 0.5) is 0 Å². The highest BCUT2D eigenvalue weighted by Gasteiger charge is 2.48. The minimum absolute atomic E-state index is 0.00896. The number of Topliss-reactive ketones (excluding diaryl/α,β-unsaturated/α-hetero) is 2. The van der Waals surface area contributed by atoms with Gasteiger partial charge < -0.3 is 9.53 Å². The molecule has 1 unspecified atom stereocenters. The van der Waals surface area contributed by atoms with Crippen LogP contribution in [0.5, 0.6) is 0 Å². The maximum Gasteiger partial charge on any atom is 0.319 e. The van der Waals surface area contributed by atoms with Gasteiger partial charge >= 0.3 is 5.97 Å². The third-order valence-electron chi connectivity index (χ3n) is 2.73. The molecule has 78 valence electrons. The van der Waals surface area contributed by atoms with Crippen molar-refractivity contribution in [1.82, 2.24) is 0 Å². The van der Waals surface area contributed by atoms with E-state index < -0.39 is 11.4 Å². The Kier molecular flexibility index (Phi) is 3.03. The maximum atomic E-state index is 11.4. The Labute approximate surface area is 82.6 Å². The smallest absolute Gasteiger partial charge is 0.319 e. The molecule has 1 aliphatic heterocycles. The maximum absolute atomic E-state index is 11.4. The first-order valence-electron chi connectivity index (χ1n) is 4.67. The molecule has 1 saturated heterocycles. The Balaban J connectivity index is 2.77. The normalized spacial score (nSPS) is 26.0. The van der Waals surface area contributed by atoms with Gasteiger partial charge in [0.05, 0.1) is 6.61 Å². The van der Waals surface area contributed by atoms with Gasteiger partial charge in [-0.25, -0.2) is 0 Å². The number of carbonyl (C=O) groups is 3. The van der Waals surface area contributed by atoms with Gasteiger partial charge in [0.25, 0.3) is 0 Å². The lowest BCUT2D eigenvalue weighted by Crippen LogP contribution is -2.34. The van der Waals surface area contributed by atoms with Crippen LogP contribution in [0, 0.1) is 5.41 Å². The summed E-state index contributed by atoms with van der Waals surface area (Å²) in [5.41, 5.74) is -1.04. The largest absolute Gasteiger partial charge is 0.465 e. The molecular weight excluding hydrogens is 184 g/mol. The average molecular weight is 198 g/mol. The fraction of sp³-hybridized carbons (Fsp3) is 0.700. The van der Waals surface area contributed by atoms with E-state index in [2.05, 4.69) is 0 Å². The quantitative estimate of drug-likeness (QED) is 0.497. The van der Waals surface area contributed by atoms with Gasteiger partial charge in [-0.1, -0.05) is 0 Å². The van der Waals surface area contributed by atoms with Crippen molar-refractivity contribution >= 4 is 17.5 Å². The second-order valence-electron chi connectivity index (χ2n) is 3.73. The van der Waals surface area contributed by atoms with Crippen molar-refractivity contribution in [1.29, 1.82) is 0 Å². The van der Waals surface area contributed by atoms with E-state index in [1.165, 1.54) is 13.8 Å². The molecule has 0 aromatic heterocycles. The standard InChI is InChI=1S/C10H14O4/c1-7(11)3-4-10(8(2)12)5-6-14-9(10)13/h3-6H2,1-2H3. The SMILES string of the molecule is CC(=O)CCC1(C(C)=O)CCOC1=O. The number of hydrogen-bond acceptors (Lipinski definition) is 4. The molecule has 0 spiro atoms. The van der Waals surface area contributed by atoms with Gasteiger partial charge in [0, 0.05) is 12.8 Å². The van der Waals surface area contributed by atoms with E-state index in [4.69, 9.17) is 4.74 Å². The van der Waals surface area contributed by atoms with E-state index in [-0.39, 0.29) is 31.0 Å². The minimum Gasteiger partial charge on any atom is -0.465 e. The fourth-order valence-electron chi connectivity index (χ4n) is 1.67. The van der Waals surface area contributed by atoms with Crippen molar-refractivity contribution in [2.75, 3.05) is 6.61 Å². The second kappa shape index (κ2) is 3.90. The van der Waals surface area contributed by atoms with Gasteiger partial charge in [0.1, 0.15) is 17.0 Å². The molecule has 14 heavy (non-hydrogen) atoms. The summed E-state index contributed by atoms with van der Waals surface area (Å²) in [5.74, 6) is -0.669. The van der Waals surface area contributed by atoms with Crippen molar-refractivity contribution in [3.8, 4) is 0 Å². The number of carbonyl (C=O) groups excluding carboxylic acids is 3. The van der Waals surface area contributed by atoms with Crippen LogP contribution in [-0.2, 0) is 19.1 Å². The van der Waals surface area contributed by atoms with Crippen LogP contribution in [0.25, 0.3) is 0 Å². The molecule has 0 bridgehead atoms. The van der Waals surface area contributed by atoms with Crippen molar-refractivity contribution < 1.29 is 19.1 Å². The van der Waals surface area contributed by atoms with Crippen LogP contribution in [-0.4, -0.2) is 24.1 Å². The number of cyclic esters (lactones) is 1. The van der Waals surface area contributed by atoms with Crippen LogP contribution in [0.15, 0.2) is 0 Å². The molecule has 0 N–H and O–H groups in total. The molecule has 1 aliphatic rings. The molecule has 0 aromatic carbocycles. The van der Waals surface area contributed by atoms with Crippen LogP contribution in [0.3, 0.4) is 0 Å². The summed E-state index contributed by atoms with van der Waals surface area (Å²) in [6.07, 6.45) is 0.958. The molecule has 0 aromatic rings. The highest BCUT2D eigenvalue weighted by Crippen LogP contribution is 2.35. The lowest BCUT2D eigenvalue weighted by Gasteiger charge is -2.19. The van der Waals surface area contributed by atoms with E-state index in [1.807, 2.05) is 0 Å². The van der Waals surface area contributed by atoms with Gasteiger partial charge in [-0.3, -0.25) is 9.59 Å². The van der Waals surface area contributed by atoms with Gasteiger partial charge in [-0.15, -0.1) is 0 Å². The highest BCUT2D eigenvalue weighted by molar-refractivity contribution is 6.04. The van der Waals surface area contributed by atoms with Crippen molar-refractivity contribution in [2.45, 2.75) is 33.1 Å². The molecule has 0 aliphatic carbocycles. The third kappa shape index (κ3) is 1.84. The van der Waals surface area contributed by atoms with Crippen molar-refractivity contribution in [3.63, 3.8) is 0 Å². The molecule has 1 rings (SSSR count). The predicted octanol–water partition coefficient (Wildman–Crippen LogP) is 0.878. The number of ketones is 2. The Morgan fingerprint density at radius 2 is 2.07 bits per heavy atom. The zero-order valence-corrected chi connectivity index (χ0v) is 8.46. The van der Waals surface area contributed by atoms with Crippen LogP contribution in [0.1, 0.15) is 33.1 Å². The van der Waals surface area contributed by atoms with E-state index in [0.29, 0.717) is 6.42 Å². The second-order valence-corrected chi connectivity index (χ2v) is 3.73. The summed E-state index contributed by atoms with van der Waals surface area (Å²) in [6, 6.07) is 0. The first-order chi connectivity index (χ1) is 6.49. The lowest BCUT2D eigenvalue weighted by molar-refractivity contribution is -0.151. The monoisotopic (exact) mass is 198 g/mol. The number of hydrogen-bond donors (Lipinski definition) is 0. The number of esters is 1. The number of rotatable bonds is 4. The van der Waals surface area contributed by atoms with Crippen molar-refractivity contribution in [3.05, 3.63) is 0 Å². The highest BCUT2D eigenvalue weighted by atomic mass is 16.5. The van der Waals surface area contributed by atoms with E-state index in [9.17, 15) is 14.4 Å². The van der Waals surface area contributed by atoms with Crippen LogP contribution >= 0.6 is 0 Å². The van der Waals surface area contributed by atoms with Crippen LogP contribution < -0.4 is 0 Å². The Bertz CT molecular complexity index is 282. The molecular formula is C10H14O4. The van der Waals surface area contributed by atoms with Gasteiger partial charge in [0.15, 0.2) is 0 Å². The summed E-state index contributed by atoms with van der Waals surface area (Å²) >= 11 is 0. The van der Waals surface area contributed by atoms with Gasteiger partial charge in [-0.05, 0) is 20.3 Å². The molecule has 1 heterocycles. The molecule has 4 nitrogen and oxygen atoms in total. The average Bonchev–Trinajstić information content (AvgIpc) is 2.44. The molecule has 1 atom stereocenters. The van der Waals surface area contributed by atoms with Gasteiger partial charge in [-0.2, -0.15) is 0 Å². The van der Waals surface area contributed by atoms with Crippen LogP contribution in [0.2, 0.25) is 0 Å². The Morgan fingerprint density at radius 1 is 1.43 bits per heavy atom. The van der Waals surface area contributed by atoms with E-state index in [1.54, 1.807) is 0 Å². The summed E-state index contributed by atoms with van der Waals surface area (Å²) < 4.78 is 4.79. The molecule has 4 heteroatoms. The topological polar surface area (TPSA) is 60.4 Å². The Hall–Kier alpha value is -1.19. The summed E-state index contributed by atoms with van der Waals surface area (Å²) in [6.45, 7) is 3.12. The number of ether oxygens (including phenoxy) is 1. The summed E-state index contributed by atoms with van der Waals surface area (Å²) in [7, 11) is 0. The predicted molar refractivity (Wildman–Crippen MR) is 48.6 cm³/mol. The van der Waals surface area contributed by atoms with E-state index >= 15 is 0 Å². The van der Waals surface area contributed by atoms with E-state index in [0.717, 1.165) is 0 Å². The zero-order valence-electron chi connectivity index (χ0n) is 8.46. The minimum atomic E-state index is -1.04. The zero-order chi connectivity index (χ0) is 10.8. The fourth-order valence-corrected chi connectivity index (χ4v) is 1.67. The first-order valence-corrected chi connectivity index (χ1v) is 4.67. The van der Waals surface area contributed by atoms with Crippen molar-refractivity contribution in [2.24, 2.45) is 5.41 Å². The Morgan fingerprint density at radius 3 is 2.43 bits per heavy atom. The molecule has 0 saturated carbocycles. The van der Waals surface area contributed by atoms with Gasteiger partial charge in [0.2, 0.25) is 0 Å². The molecule has 1 fully saturated rings. The lowest BCUT2D eigenvalue weighted by atomic mass is 9.78. The summed E-state index contributed by atoms with van der Waals surface area (Å²) in [4.78, 5) is 33.6. The molecule has 0 radical (unpaired) electrons. The third-order valence-corrected chi connectivity index (χ3v) is 2.73. The molecule has 0 amide bonds. The summed E-state index contributed by atoms with van der Waals surface area (Å²) in [5, 5.41) is 0.